The molecular weight excluding hydrogens is 266 g/mol. The van der Waals surface area contributed by atoms with Crippen LogP contribution in [0.15, 0.2) is 24.3 Å². The van der Waals surface area contributed by atoms with Crippen molar-refractivity contribution in [2.45, 2.75) is 38.6 Å². The Morgan fingerprint density at radius 3 is 2.86 bits per heavy atom. The van der Waals surface area contributed by atoms with Crippen LogP contribution in [0.5, 0.6) is 0 Å². The summed E-state index contributed by atoms with van der Waals surface area (Å²) < 4.78 is 5.08. The van der Waals surface area contributed by atoms with E-state index in [1.54, 1.807) is 0 Å². The third-order valence-electron chi connectivity index (χ3n) is 4.46. The second kappa shape index (κ2) is 5.88. The van der Waals surface area contributed by atoms with Gasteiger partial charge in [0.05, 0.1) is 12.0 Å². The lowest BCUT2D eigenvalue weighted by Gasteiger charge is -2.26. The lowest BCUT2D eigenvalue weighted by atomic mass is 9.88. The number of esters is 1. The van der Waals surface area contributed by atoms with Crippen LogP contribution < -0.4 is 5.32 Å². The zero-order valence-corrected chi connectivity index (χ0v) is 12.3. The van der Waals surface area contributed by atoms with Crippen LogP contribution in [0, 0.1) is 11.8 Å². The van der Waals surface area contributed by atoms with Crippen molar-refractivity contribution in [2.24, 2.45) is 11.8 Å². The Morgan fingerprint density at radius 2 is 2.10 bits per heavy atom. The molecule has 1 fully saturated rings. The van der Waals surface area contributed by atoms with E-state index in [4.69, 9.17) is 4.74 Å². The van der Waals surface area contributed by atoms with Crippen molar-refractivity contribution in [3.63, 3.8) is 0 Å². The average molecular weight is 287 g/mol. The summed E-state index contributed by atoms with van der Waals surface area (Å²) in [6.45, 7) is 1.85. The van der Waals surface area contributed by atoms with Crippen LogP contribution in [0.4, 0.5) is 0 Å². The molecule has 3 atom stereocenters. The Hall–Kier alpha value is -1.84. The molecular formula is C17H21NO3. The number of aryl methyl sites for hydroxylation is 1. The van der Waals surface area contributed by atoms with Crippen molar-refractivity contribution in [3.8, 4) is 0 Å². The highest BCUT2D eigenvalue weighted by Gasteiger charge is 2.40. The highest BCUT2D eigenvalue weighted by Crippen LogP contribution is 2.38. The molecule has 0 saturated heterocycles. The minimum Gasteiger partial charge on any atom is -0.455 e. The summed E-state index contributed by atoms with van der Waals surface area (Å²) in [5.74, 6) is -0.0287. The molecule has 0 aromatic heterocycles. The molecule has 112 valence electrons. The molecule has 3 rings (SSSR count). The van der Waals surface area contributed by atoms with Crippen LogP contribution in [0.2, 0.25) is 0 Å². The fourth-order valence-corrected chi connectivity index (χ4v) is 3.03. The zero-order chi connectivity index (χ0) is 14.8. The highest BCUT2D eigenvalue weighted by molar-refractivity contribution is 5.82. The van der Waals surface area contributed by atoms with Crippen LogP contribution in [0.25, 0.3) is 0 Å². The van der Waals surface area contributed by atoms with Crippen LogP contribution in [0.1, 0.15) is 43.4 Å². The van der Waals surface area contributed by atoms with E-state index in [1.807, 2.05) is 19.1 Å². The molecule has 21 heavy (non-hydrogen) atoms. The van der Waals surface area contributed by atoms with Gasteiger partial charge in [-0.3, -0.25) is 9.59 Å². The Balaban J connectivity index is 1.52. The van der Waals surface area contributed by atoms with E-state index in [0.29, 0.717) is 5.92 Å². The molecule has 1 N–H and O–H groups in total. The molecule has 1 aromatic carbocycles. The van der Waals surface area contributed by atoms with Gasteiger partial charge in [0.1, 0.15) is 0 Å². The van der Waals surface area contributed by atoms with Crippen LogP contribution in [-0.4, -0.2) is 18.5 Å². The SMILES string of the molecule is C[C@H]1C[C@H]1C(=O)OCC(=O)N[C@@H]1CCCc2ccccc21. The van der Waals surface area contributed by atoms with E-state index in [2.05, 4.69) is 17.4 Å². The summed E-state index contributed by atoms with van der Waals surface area (Å²) >= 11 is 0. The summed E-state index contributed by atoms with van der Waals surface area (Å²) in [7, 11) is 0. The first kappa shape index (κ1) is 14.1. The van der Waals surface area contributed by atoms with Gasteiger partial charge < -0.3 is 10.1 Å². The van der Waals surface area contributed by atoms with Crippen LogP contribution in [-0.2, 0) is 20.7 Å². The van der Waals surface area contributed by atoms with Crippen molar-refractivity contribution < 1.29 is 14.3 Å². The third-order valence-corrected chi connectivity index (χ3v) is 4.46. The molecule has 0 spiro atoms. The zero-order valence-electron chi connectivity index (χ0n) is 12.3. The Bertz CT molecular complexity index is 555. The summed E-state index contributed by atoms with van der Waals surface area (Å²) in [6, 6.07) is 8.25. The summed E-state index contributed by atoms with van der Waals surface area (Å²) in [5.41, 5.74) is 2.50. The normalized spacial score (nSPS) is 26.6. The van der Waals surface area contributed by atoms with E-state index in [0.717, 1.165) is 25.7 Å². The number of benzene rings is 1. The van der Waals surface area contributed by atoms with Gasteiger partial charge in [0.25, 0.3) is 5.91 Å². The van der Waals surface area contributed by atoms with Crippen LogP contribution in [0.3, 0.4) is 0 Å². The second-order valence-electron chi connectivity index (χ2n) is 6.14. The van der Waals surface area contributed by atoms with Crippen molar-refractivity contribution in [2.75, 3.05) is 6.61 Å². The molecule has 1 aromatic rings. The summed E-state index contributed by atoms with van der Waals surface area (Å²) in [4.78, 5) is 23.6. The maximum atomic E-state index is 12.0. The number of carbonyl (C=O) groups excluding carboxylic acids is 2. The predicted molar refractivity (Wildman–Crippen MR) is 78.5 cm³/mol. The molecule has 1 amide bonds. The van der Waals surface area contributed by atoms with Crippen molar-refractivity contribution in [1.29, 1.82) is 0 Å². The molecule has 2 aliphatic rings. The molecule has 1 saturated carbocycles. The predicted octanol–water partition coefficient (Wildman–Crippen LogP) is 2.38. The van der Waals surface area contributed by atoms with Crippen LogP contribution >= 0.6 is 0 Å². The van der Waals surface area contributed by atoms with Gasteiger partial charge in [-0.2, -0.15) is 0 Å². The number of amides is 1. The second-order valence-corrected chi connectivity index (χ2v) is 6.14. The maximum absolute atomic E-state index is 12.0. The quantitative estimate of drug-likeness (QED) is 0.865. The topological polar surface area (TPSA) is 55.4 Å². The molecule has 0 aliphatic heterocycles. The molecule has 0 bridgehead atoms. The van der Waals surface area contributed by atoms with Crippen molar-refractivity contribution >= 4 is 11.9 Å². The third kappa shape index (κ3) is 3.26. The van der Waals surface area contributed by atoms with Crippen molar-refractivity contribution in [3.05, 3.63) is 35.4 Å². The number of hydrogen-bond acceptors (Lipinski definition) is 3. The van der Waals surface area contributed by atoms with Gasteiger partial charge in [0.15, 0.2) is 6.61 Å². The van der Waals surface area contributed by atoms with Crippen molar-refractivity contribution in [1.82, 2.24) is 5.32 Å². The molecule has 4 nitrogen and oxygen atoms in total. The summed E-state index contributed by atoms with van der Waals surface area (Å²) in [5, 5.41) is 2.98. The minimum atomic E-state index is -0.235. The highest BCUT2D eigenvalue weighted by atomic mass is 16.5. The van der Waals surface area contributed by atoms with Gasteiger partial charge in [0.2, 0.25) is 0 Å². The Kier molecular flexibility index (Phi) is 3.95. The van der Waals surface area contributed by atoms with E-state index >= 15 is 0 Å². The number of fused-ring (bicyclic) bond motifs is 1. The first-order chi connectivity index (χ1) is 10.1. The standard InChI is InChI=1S/C17H21NO3/c1-11-9-14(11)17(20)21-10-16(19)18-15-8-4-6-12-5-2-3-7-13(12)15/h2-3,5,7,11,14-15H,4,6,8-10H2,1H3,(H,18,19)/t11-,14+,15+/m0/s1. The number of carbonyl (C=O) groups is 2. The molecule has 0 unspecified atom stereocenters. The number of nitrogens with one attached hydrogen (secondary N) is 1. The molecule has 4 heteroatoms. The first-order valence-corrected chi connectivity index (χ1v) is 7.69. The average Bonchev–Trinajstić information content (AvgIpc) is 3.22. The van der Waals surface area contributed by atoms with Gasteiger partial charge in [-0.1, -0.05) is 31.2 Å². The Labute approximate surface area is 124 Å². The van der Waals surface area contributed by atoms with E-state index in [1.165, 1.54) is 11.1 Å². The monoisotopic (exact) mass is 287 g/mol. The van der Waals surface area contributed by atoms with Gasteiger partial charge in [-0.05, 0) is 42.7 Å². The number of hydrogen-bond donors (Lipinski definition) is 1. The van der Waals surface area contributed by atoms with Gasteiger partial charge in [-0.25, -0.2) is 0 Å². The molecule has 0 radical (unpaired) electrons. The first-order valence-electron chi connectivity index (χ1n) is 7.69. The number of ether oxygens (including phenoxy) is 1. The van der Waals surface area contributed by atoms with Gasteiger partial charge in [0, 0.05) is 0 Å². The van der Waals surface area contributed by atoms with E-state index in [-0.39, 0.29) is 30.4 Å². The lowest BCUT2D eigenvalue weighted by molar-refractivity contribution is -0.150. The Morgan fingerprint density at radius 1 is 1.33 bits per heavy atom. The van der Waals surface area contributed by atoms with Gasteiger partial charge in [-0.15, -0.1) is 0 Å². The maximum Gasteiger partial charge on any atom is 0.309 e. The smallest absolute Gasteiger partial charge is 0.309 e. The largest absolute Gasteiger partial charge is 0.455 e. The molecule has 0 heterocycles. The number of rotatable bonds is 4. The van der Waals surface area contributed by atoms with Gasteiger partial charge >= 0.3 is 5.97 Å². The summed E-state index contributed by atoms with van der Waals surface area (Å²) in [6.07, 6.45) is 3.96. The van der Waals surface area contributed by atoms with E-state index in [9.17, 15) is 9.59 Å². The fraction of sp³-hybridized carbons (Fsp3) is 0.529. The minimum absolute atomic E-state index is 0.00760. The molecule has 2 aliphatic carbocycles. The van der Waals surface area contributed by atoms with E-state index < -0.39 is 0 Å². The fourth-order valence-electron chi connectivity index (χ4n) is 3.03. The lowest BCUT2D eigenvalue weighted by Crippen LogP contribution is -2.34.